The smallest absolute Gasteiger partial charge is 0.275 e. The quantitative estimate of drug-likeness (QED) is 0.639. The minimum Gasteiger partial charge on any atom is -0.545 e. The van der Waals surface area contributed by atoms with Crippen molar-refractivity contribution in [1.82, 2.24) is 14.7 Å². The van der Waals surface area contributed by atoms with Crippen LogP contribution in [0.2, 0.25) is 0 Å². The van der Waals surface area contributed by atoms with Crippen molar-refractivity contribution in [3.63, 3.8) is 0 Å². The van der Waals surface area contributed by atoms with Crippen LogP contribution in [0.4, 0.5) is 5.82 Å². The Labute approximate surface area is 162 Å². The van der Waals surface area contributed by atoms with Crippen molar-refractivity contribution in [2.24, 2.45) is 7.05 Å². The van der Waals surface area contributed by atoms with Gasteiger partial charge in [-0.3, -0.25) is 14.4 Å². The number of carboxylic acid groups (broad SMARTS) is 1. The van der Waals surface area contributed by atoms with Crippen molar-refractivity contribution in [2.45, 2.75) is 6.92 Å². The molecule has 0 saturated carbocycles. The van der Waals surface area contributed by atoms with Gasteiger partial charge in [0.25, 0.3) is 11.7 Å². The van der Waals surface area contributed by atoms with E-state index < -0.39 is 5.97 Å². The second-order valence-corrected chi connectivity index (χ2v) is 7.01. The van der Waals surface area contributed by atoms with Crippen molar-refractivity contribution in [2.75, 3.05) is 31.1 Å². The molecule has 3 heterocycles. The number of piperazine rings is 1. The largest absolute Gasteiger partial charge is 0.545 e. The molecule has 1 saturated heterocycles. The monoisotopic (exact) mass is 379 g/mol. The van der Waals surface area contributed by atoms with Gasteiger partial charge < -0.3 is 14.8 Å². The number of hydrogen-bond donors (Lipinski definition) is 0. The van der Waals surface area contributed by atoms with E-state index in [9.17, 15) is 14.7 Å². The highest BCUT2D eigenvalue weighted by atomic mass is 16.4. The zero-order chi connectivity index (χ0) is 19.8. The fraction of sp³-hybridized carbons (Fsp3) is 0.300. The van der Waals surface area contributed by atoms with Gasteiger partial charge in [0.05, 0.1) is 19.1 Å². The molecule has 0 spiro atoms. The number of anilines is 1. The SMILES string of the molecule is Cc1cc(N2CCN(C(=O)c3nn(C)cc3C(=O)[O-])CC2)[nH+]c2ccccc12. The summed E-state index contributed by atoms with van der Waals surface area (Å²) in [5.74, 6) is -0.758. The molecule has 0 atom stereocenters. The maximum atomic E-state index is 12.7. The molecule has 1 fully saturated rings. The molecule has 4 rings (SSSR count). The Bertz CT molecular complexity index is 1070. The topological polar surface area (TPSA) is 95.6 Å². The summed E-state index contributed by atoms with van der Waals surface area (Å²) >= 11 is 0. The Hall–Kier alpha value is -3.42. The van der Waals surface area contributed by atoms with Gasteiger partial charge in [-0.1, -0.05) is 18.2 Å². The van der Waals surface area contributed by atoms with Crippen LogP contribution in [0.5, 0.6) is 0 Å². The number of rotatable bonds is 3. The van der Waals surface area contributed by atoms with E-state index in [2.05, 4.69) is 34.0 Å². The van der Waals surface area contributed by atoms with E-state index in [4.69, 9.17) is 0 Å². The second-order valence-electron chi connectivity index (χ2n) is 7.01. The lowest BCUT2D eigenvalue weighted by atomic mass is 10.1. The van der Waals surface area contributed by atoms with Gasteiger partial charge in [-0.25, -0.2) is 4.98 Å². The number of benzene rings is 1. The van der Waals surface area contributed by atoms with Crippen molar-refractivity contribution >= 4 is 28.6 Å². The van der Waals surface area contributed by atoms with Gasteiger partial charge in [0.2, 0.25) is 0 Å². The number of nitrogens with zero attached hydrogens (tertiary/aromatic N) is 4. The Morgan fingerprint density at radius 3 is 2.57 bits per heavy atom. The van der Waals surface area contributed by atoms with E-state index in [0.29, 0.717) is 26.2 Å². The number of aromatic carboxylic acids is 1. The normalized spacial score (nSPS) is 14.5. The molecule has 1 amide bonds. The van der Waals surface area contributed by atoms with E-state index in [0.717, 1.165) is 11.3 Å². The average Bonchev–Trinajstić information content (AvgIpc) is 3.09. The summed E-state index contributed by atoms with van der Waals surface area (Å²) in [6, 6.07) is 10.3. The van der Waals surface area contributed by atoms with E-state index in [-0.39, 0.29) is 17.2 Å². The number of nitrogens with one attached hydrogen (secondary N) is 1. The minimum atomic E-state index is -1.39. The maximum Gasteiger partial charge on any atom is 0.275 e. The van der Waals surface area contributed by atoms with Gasteiger partial charge >= 0.3 is 0 Å². The third-order valence-corrected chi connectivity index (χ3v) is 5.13. The number of aromatic nitrogens is 3. The van der Waals surface area contributed by atoms with Gasteiger partial charge in [-0.15, -0.1) is 0 Å². The molecule has 3 aromatic rings. The number of pyridine rings is 1. The number of carboxylic acids is 1. The number of hydrogen-bond acceptors (Lipinski definition) is 5. The first-order chi connectivity index (χ1) is 13.4. The predicted molar refractivity (Wildman–Crippen MR) is 101 cm³/mol. The fourth-order valence-corrected chi connectivity index (χ4v) is 3.66. The number of amides is 1. The molecular weight excluding hydrogens is 358 g/mol. The summed E-state index contributed by atoms with van der Waals surface area (Å²) in [6.07, 6.45) is 1.30. The lowest BCUT2D eigenvalue weighted by Gasteiger charge is -2.31. The molecule has 0 radical (unpaired) electrons. The van der Waals surface area contributed by atoms with Gasteiger partial charge in [-0.2, -0.15) is 5.10 Å². The van der Waals surface area contributed by atoms with Gasteiger partial charge in [0.1, 0.15) is 18.6 Å². The van der Waals surface area contributed by atoms with Crippen LogP contribution < -0.4 is 15.0 Å². The van der Waals surface area contributed by atoms with Gasteiger partial charge in [0.15, 0.2) is 5.69 Å². The van der Waals surface area contributed by atoms with E-state index in [1.165, 1.54) is 21.8 Å². The molecular formula is C20H21N5O3. The first-order valence-electron chi connectivity index (χ1n) is 9.15. The highest BCUT2D eigenvalue weighted by Crippen LogP contribution is 2.20. The molecule has 2 aromatic heterocycles. The van der Waals surface area contributed by atoms with Crippen LogP contribution >= 0.6 is 0 Å². The molecule has 144 valence electrons. The highest BCUT2D eigenvalue weighted by Gasteiger charge is 2.30. The molecule has 0 bridgehead atoms. The summed E-state index contributed by atoms with van der Waals surface area (Å²) in [5.41, 5.74) is 2.02. The molecule has 28 heavy (non-hydrogen) atoms. The molecule has 1 aliphatic heterocycles. The van der Waals surface area contributed by atoms with Crippen LogP contribution in [0.3, 0.4) is 0 Å². The molecule has 8 heteroatoms. The third kappa shape index (κ3) is 3.17. The van der Waals surface area contributed by atoms with E-state index in [1.807, 2.05) is 18.2 Å². The summed E-state index contributed by atoms with van der Waals surface area (Å²) < 4.78 is 1.32. The summed E-state index contributed by atoms with van der Waals surface area (Å²) in [5, 5.41) is 16.5. The first-order valence-corrected chi connectivity index (χ1v) is 9.15. The number of aromatic amines is 1. The lowest BCUT2D eigenvalue weighted by molar-refractivity contribution is -0.330. The zero-order valence-corrected chi connectivity index (χ0v) is 15.8. The summed E-state index contributed by atoms with van der Waals surface area (Å²) in [6.45, 7) is 4.35. The highest BCUT2D eigenvalue weighted by molar-refractivity contribution is 6.02. The van der Waals surface area contributed by atoms with Crippen molar-refractivity contribution in [1.29, 1.82) is 0 Å². The minimum absolute atomic E-state index is 0.0657. The molecule has 8 nitrogen and oxygen atoms in total. The van der Waals surface area contributed by atoms with Crippen LogP contribution in [0.25, 0.3) is 10.9 Å². The standard InChI is InChI=1S/C20H21N5O3/c1-13-11-17(21-16-6-4-3-5-14(13)16)24-7-9-25(10-8-24)19(26)18-15(20(27)28)12-23(2)22-18/h3-6,11-12H,7-10H2,1-2H3,(H,27,28). The Kier molecular flexibility index (Phi) is 4.46. The molecule has 0 aliphatic carbocycles. The van der Waals surface area contributed by atoms with Crippen molar-refractivity contribution in [3.05, 3.63) is 53.3 Å². The molecule has 1 aliphatic rings. The van der Waals surface area contributed by atoms with Gasteiger partial charge in [-0.05, 0) is 18.6 Å². The summed E-state index contributed by atoms with van der Waals surface area (Å²) in [4.78, 5) is 31.3. The van der Waals surface area contributed by atoms with Crippen LogP contribution in [0.1, 0.15) is 26.4 Å². The number of H-pyrrole nitrogens is 1. The van der Waals surface area contributed by atoms with Crippen LogP contribution in [0.15, 0.2) is 36.5 Å². The lowest BCUT2D eigenvalue weighted by Crippen LogP contribution is -2.50. The number of carbonyl (C=O) groups excluding carboxylic acids is 2. The van der Waals surface area contributed by atoms with E-state index >= 15 is 0 Å². The Morgan fingerprint density at radius 1 is 1.14 bits per heavy atom. The molecule has 1 N–H and O–H groups in total. The molecule has 0 unspecified atom stereocenters. The van der Waals surface area contributed by atoms with Crippen LogP contribution in [0, 0.1) is 6.92 Å². The Morgan fingerprint density at radius 2 is 1.86 bits per heavy atom. The Balaban J connectivity index is 1.51. The van der Waals surface area contributed by atoms with Crippen molar-refractivity contribution in [3.8, 4) is 0 Å². The van der Waals surface area contributed by atoms with E-state index in [1.54, 1.807) is 11.9 Å². The first kappa shape index (κ1) is 18.0. The van der Waals surface area contributed by atoms with Gasteiger partial charge in [0, 0.05) is 30.3 Å². The van der Waals surface area contributed by atoms with Crippen LogP contribution in [-0.2, 0) is 7.05 Å². The molecule has 1 aromatic carbocycles. The van der Waals surface area contributed by atoms with Crippen molar-refractivity contribution < 1.29 is 19.7 Å². The summed E-state index contributed by atoms with van der Waals surface area (Å²) in [7, 11) is 1.58. The average molecular weight is 379 g/mol. The number of fused-ring (bicyclic) bond motifs is 1. The predicted octanol–water partition coefficient (Wildman–Crippen LogP) is 0.0217. The van der Waals surface area contributed by atoms with Crippen LogP contribution in [-0.4, -0.2) is 52.7 Å². The zero-order valence-electron chi connectivity index (χ0n) is 15.8. The number of aryl methyl sites for hydroxylation is 2. The maximum absolute atomic E-state index is 12.7. The fourth-order valence-electron chi connectivity index (χ4n) is 3.66. The second kappa shape index (κ2) is 6.95. The number of carbonyl (C=O) groups is 2. The third-order valence-electron chi connectivity index (χ3n) is 5.13. The number of para-hydroxylation sites is 1.